The van der Waals surface area contributed by atoms with Gasteiger partial charge in [-0.15, -0.1) is 5.10 Å². The van der Waals surface area contributed by atoms with Crippen molar-refractivity contribution in [2.45, 2.75) is 18.9 Å². The van der Waals surface area contributed by atoms with Gasteiger partial charge in [0.25, 0.3) is 0 Å². The Hall–Kier alpha value is -4.19. The van der Waals surface area contributed by atoms with Crippen LogP contribution in [-0.2, 0) is 19.0 Å². The number of aromatic nitrogens is 5. The van der Waals surface area contributed by atoms with Gasteiger partial charge in [-0.3, -0.25) is 4.68 Å². The van der Waals surface area contributed by atoms with Gasteiger partial charge < -0.3 is 4.74 Å². The van der Waals surface area contributed by atoms with E-state index < -0.39 is 0 Å². The first-order chi connectivity index (χ1) is 17.0. The maximum absolute atomic E-state index is 5.69. The fourth-order valence-electron chi connectivity index (χ4n) is 5.26. The number of benzene rings is 2. The van der Waals surface area contributed by atoms with E-state index in [1.165, 1.54) is 16.7 Å². The van der Waals surface area contributed by atoms with Crippen LogP contribution in [-0.4, -0.2) is 31.9 Å². The molecule has 0 radical (unpaired) electrons. The Morgan fingerprint density at radius 3 is 2.74 bits per heavy atom. The third-order valence-electron chi connectivity index (χ3n) is 7.18. The molecule has 2 aliphatic rings. The van der Waals surface area contributed by atoms with Crippen LogP contribution in [0.4, 0.5) is 0 Å². The summed E-state index contributed by atoms with van der Waals surface area (Å²) in [6.45, 7) is 2.99. The lowest BCUT2D eigenvalue weighted by atomic mass is 9.64. The quantitative estimate of drug-likeness (QED) is 0.397. The van der Waals surface area contributed by atoms with Gasteiger partial charge in [-0.05, 0) is 28.8 Å². The number of rotatable bonds is 5. The van der Waals surface area contributed by atoms with Crippen LogP contribution < -0.4 is 4.74 Å². The molecule has 6 rings (SSSR count). The van der Waals surface area contributed by atoms with Crippen LogP contribution in [0.3, 0.4) is 0 Å². The smallest absolute Gasteiger partial charge is 0.127 e. The summed E-state index contributed by atoms with van der Waals surface area (Å²) in [4.78, 5) is 0. The average molecular weight is 462 g/mol. The number of hydrogen-bond acceptors (Lipinski definition) is 4. The van der Waals surface area contributed by atoms with Gasteiger partial charge in [-0.1, -0.05) is 72.8 Å². The zero-order chi connectivity index (χ0) is 24.0. The summed E-state index contributed by atoms with van der Waals surface area (Å²) in [7, 11) is 3.59. The molecular formula is C29H27N5O. The second-order valence-corrected chi connectivity index (χ2v) is 9.41. The highest BCUT2D eigenvalue weighted by Gasteiger charge is 2.37. The van der Waals surface area contributed by atoms with Gasteiger partial charge in [0.05, 0.1) is 26.0 Å². The fraction of sp³-hybridized carbons (Fsp3) is 0.207. The van der Waals surface area contributed by atoms with Crippen molar-refractivity contribution in [3.05, 3.63) is 103 Å². The summed E-state index contributed by atoms with van der Waals surface area (Å²) in [6, 6.07) is 14.8. The van der Waals surface area contributed by atoms with Gasteiger partial charge >= 0.3 is 0 Å². The molecule has 0 saturated carbocycles. The molecule has 35 heavy (non-hydrogen) atoms. The molecule has 174 valence electrons. The van der Waals surface area contributed by atoms with Crippen molar-refractivity contribution in [1.82, 2.24) is 24.8 Å². The zero-order valence-electron chi connectivity index (χ0n) is 20.1. The van der Waals surface area contributed by atoms with Gasteiger partial charge in [0, 0.05) is 41.3 Å². The summed E-state index contributed by atoms with van der Waals surface area (Å²) in [6.07, 6.45) is 17.1. The summed E-state index contributed by atoms with van der Waals surface area (Å²) in [5.74, 6) is 1.11. The van der Waals surface area contributed by atoms with Crippen molar-refractivity contribution in [1.29, 1.82) is 0 Å². The molecular weight excluding hydrogens is 434 g/mol. The molecule has 0 amide bonds. The molecule has 0 fully saturated rings. The van der Waals surface area contributed by atoms with E-state index >= 15 is 0 Å². The van der Waals surface area contributed by atoms with E-state index in [4.69, 9.17) is 4.74 Å². The van der Waals surface area contributed by atoms with Crippen molar-refractivity contribution in [3.8, 4) is 28.1 Å². The molecule has 0 bridgehead atoms. The predicted octanol–water partition coefficient (Wildman–Crippen LogP) is 5.45. The van der Waals surface area contributed by atoms with Crippen LogP contribution in [0.15, 0.2) is 91.4 Å². The average Bonchev–Trinajstić information content (AvgIpc) is 3.53. The number of fused-ring (bicyclic) bond motifs is 3. The van der Waals surface area contributed by atoms with Crippen LogP contribution in [0.1, 0.15) is 18.1 Å². The Morgan fingerprint density at radius 2 is 1.91 bits per heavy atom. The molecule has 2 aliphatic carbocycles. The Balaban J connectivity index is 1.31. The zero-order valence-corrected chi connectivity index (χ0v) is 20.1. The predicted molar refractivity (Wildman–Crippen MR) is 138 cm³/mol. The molecule has 0 spiro atoms. The normalized spacial score (nSPS) is 20.3. The molecule has 0 N–H and O–H groups in total. The Bertz CT molecular complexity index is 1500. The lowest BCUT2D eigenvalue weighted by molar-refractivity contribution is 0.416. The standard InChI is InChI=1S/C29H27N5O/c1-29-13-7-6-8-23(29)14-21(24-9-4-5-10-26(24)29)18-34-19-27(31-32-34)20-11-12-25(28(15-20)35-3)22-16-30-33(2)17-22/h4-17,19,23H,18H2,1-3H3. The maximum Gasteiger partial charge on any atom is 0.127 e. The minimum Gasteiger partial charge on any atom is -0.496 e. The largest absolute Gasteiger partial charge is 0.496 e. The van der Waals surface area contributed by atoms with Gasteiger partial charge in [0.1, 0.15) is 11.4 Å². The minimum atomic E-state index is -0.0189. The molecule has 2 atom stereocenters. The van der Waals surface area contributed by atoms with Crippen molar-refractivity contribution in [3.63, 3.8) is 0 Å². The maximum atomic E-state index is 5.69. The highest BCUT2D eigenvalue weighted by atomic mass is 16.5. The monoisotopic (exact) mass is 461 g/mol. The van der Waals surface area contributed by atoms with E-state index in [0.717, 1.165) is 28.1 Å². The number of allylic oxidation sites excluding steroid dienone is 6. The van der Waals surface area contributed by atoms with E-state index in [2.05, 4.69) is 83.0 Å². The SMILES string of the molecule is COc1cc(-c2cn(CC3=CC4C=CC=CC4(C)c4ccccc43)nn2)ccc1-c1cnn(C)c1. The molecule has 6 heteroatoms. The first-order valence-electron chi connectivity index (χ1n) is 11.8. The Morgan fingerprint density at radius 1 is 1.03 bits per heavy atom. The van der Waals surface area contributed by atoms with Gasteiger partial charge in [0.15, 0.2) is 0 Å². The van der Waals surface area contributed by atoms with E-state index in [0.29, 0.717) is 12.5 Å². The first-order valence-corrected chi connectivity index (χ1v) is 11.8. The number of hydrogen-bond donors (Lipinski definition) is 0. The van der Waals surface area contributed by atoms with E-state index in [-0.39, 0.29) is 5.41 Å². The van der Waals surface area contributed by atoms with E-state index in [1.54, 1.807) is 11.8 Å². The summed E-state index contributed by atoms with van der Waals surface area (Å²) < 4.78 is 9.39. The number of methoxy groups -OCH3 is 1. The summed E-state index contributed by atoms with van der Waals surface area (Å²) >= 11 is 0. The summed E-state index contributed by atoms with van der Waals surface area (Å²) in [5.41, 5.74) is 7.69. The van der Waals surface area contributed by atoms with Gasteiger partial charge in [0.2, 0.25) is 0 Å². The highest BCUT2D eigenvalue weighted by molar-refractivity contribution is 5.75. The van der Waals surface area contributed by atoms with Crippen LogP contribution >= 0.6 is 0 Å². The van der Waals surface area contributed by atoms with Crippen molar-refractivity contribution >= 4 is 5.57 Å². The van der Waals surface area contributed by atoms with Crippen LogP contribution in [0.2, 0.25) is 0 Å². The minimum absolute atomic E-state index is 0.0189. The Kier molecular flexibility index (Phi) is 5.02. The molecule has 0 aliphatic heterocycles. The lowest BCUT2D eigenvalue weighted by Gasteiger charge is -2.40. The van der Waals surface area contributed by atoms with E-state index in [9.17, 15) is 0 Å². The van der Waals surface area contributed by atoms with Gasteiger partial charge in [-0.2, -0.15) is 5.10 Å². The van der Waals surface area contributed by atoms with Crippen molar-refractivity contribution < 1.29 is 4.74 Å². The molecule has 6 nitrogen and oxygen atoms in total. The third-order valence-corrected chi connectivity index (χ3v) is 7.18. The first kappa shape index (κ1) is 21.4. The van der Waals surface area contributed by atoms with Gasteiger partial charge in [-0.25, -0.2) is 4.68 Å². The van der Waals surface area contributed by atoms with Crippen molar-refractivity contribution in [2.24, 2.45) is 13.0 Å². The van der Waals surface area contributed by atoms with Crippen LogP contribution in [0, 0.1) is 5.92 Å². The number of aryl methyl sites for hydroxylation is 1. The molecule has 2 unspecified atom stereocenters. The van der Waals surface area contributed by atoms with E-state index in [1.807, 2.05) is 42.5 Å². The number of ether oxygens (including phenoxy) is 1. The fourth-order valence-corrected chi connectivity index (χ4v) is 5.26. The Labute approximate surface area is 204 Å². The number of nitrogens with zero attached hydrogens (tertiary/aromatic N) is 5. The lowest BCUT2D eigenvalue weighted by Crippen LogP contribution is -2.33. The highest BCUT2D eigenvalue weighted by Crippen LogP contribution is 2.46. The summed E-state index contributed by atoms with van der Waals surface area (Å²) in [5, 5.41) is 13.2. The molecule has 2 aromatic heterocycles. The molecule has 2 heterocycles. The molecule has 2 aromatic carbocycles. The molecule has 4 aromatic rings. The second-order valence-electron chi connectivity index (χ2n) is 9.41. The second kappa shape index (κ2) is 8.24. The van der Waals surface area contributed by atoms with Crippen LogP contribution in [0.25, 0.3) is 28.0 Å². The topological polar surface area (TPSA) is 57.8 Å². The van der Waals surface area contributed by atoms with Crippen molar-refractivity contribution in [2.75, 3.05) is 7.11 Å². The van der Waals surface area contributed by atoms with Crippen LogP contribution in [0.5, 0.6) is 5.75 Å². The third kappa shape index (κ3) is 3.62. The molecule has 0 saturated heterocycles.